The third-order valence-corrected chi connectivity index (χ3v) is 3.30. The Balaban J connectivity index is 2.22. The first-order chi connectivity index (χ1) is 9.75. The summed E-state index contributed by atoms with van der Waals surface area (Å²) in [7, 11) is 1.78. The highest BCUT2D eigenvalue weighted by molar-refractivity contribution is 5.77. The van der Waals surface area contributed by atoms with Crippen LogP contribution in [-0.2, 0) is 7.05 Å². The van der Waals surface area contributed by atoms with Gasteiger partial charge in [0, 0.05) is 13.2 Å². The van der Waals surface area contributed by atoms with Gasteiger partial charge in [-0.2, -0.15) is 4.98 Å². The maximum absolute atomic E-state index is 12.2. The molecule has 0 saturated heterocycles. The van der Waals surface area contributed by atoms with E-state index in [1.165, 1.54) is 0 Å². The van der Waals surface area contributed by atoms with E-state index in [2.05, 4.69) is 9.97 Å². The van der Waals surface area contributed by atoms with E-state index in [9.17, 15) is 4.79 Å². The number of imidazole rings is 1. The van der Waals surface area contributed by atoms with Crippen molar-refractivity contribution in [2.45, 2.75) is 0 Å². The van der Waals surface area contributed by atoms with Gasteiger partial charge in [-0.25, -0.2) is 4.98 Å². The standard InChI is InChI=1S/C14H10N4O2/c1-17-11-13(16-12(17)9-5-4-8-20-9)18-7-3-2-6-10(18)15-14(11)19/h2-8H,1H3. The summed E-state index contributed by atoms with van der Waals surface area (Å²) in [4.78, 5) is 20.8. The van der Waals surface area contributed by atoms with Gasteiger partial charge in [0.25, 0.3) is 5.56 Å². The molecule has 4 aromatic rings. The van der Waals surface area contributed by atoms with Crippen LogP contribution in [0.5, 0.6) is 0 Å². The zero-order valence-corrected chi connectivity index (χ0v) is 10.6. The van der Waals surface area contributed by atoms with Crippen LogP contribution in [0.3, 0.4) is 0 Å². The molecule has 0 bridgehead atoms. The molecule has 4 aromatic heterocycles. The number of furan rings is 1. The van der Waals surface area contributed by atoms with Gasteiger partial charge in [0.1, 0.15) is 5.65 Å². The van der Waals surface area contributed by atoms with Crippen LogP contribution in [0.2, 0.25) is 0 Å². The normalized spacial score (nSPS) is 11.4. The number of hydrogen-bond acceptors (Lipinski definition) is 4. The Hall–Kier alpha value is -2.89. The molecule has 4 heterocycles. The molecule has 0 spiro atoms. The SMILES string of the molecule is Cn1c(-c2ccco2)nc2c1c(=O)nc1ccccn12. The van der Waals surface area contributed by atoms with E-state index in [1.807, 2.05) is 24.4 Å². The lowest BCUT2D eigenvalue weighted by Crippen LogP contribution is -2.12. The Bertz CT molecular complexity index is 980. The number of rotatable bonds is 1. The number of hydrogen-bond donors (Lipinski definition) is 0. The molecule has 0 aromatic carbocycles. The van der Waals surface area contributed by atoms with Crippen LogP contribution in [0.4, 0.5) is 0 Å². The van der Waals surface area contributed by atoms with Gasteiger partial charge in [-0.3, -0.25) is 9.20 Å². The first-order valence-corrected chi connectivity index (χ1v) is 6.13. The smallest absolute Gasteiger partial charge is 0.299 e. The molecular weight excluding hydrogens is 256 g/mol. The van der Waals surface area contributed by atoms with Crippen molar-refractivity contribution in [3.63, 3.8) is 0 Å². The zero-order valence-electron chi connectivity index (χ0n) is 10.6. The van der Waals surface area contributed by atoms with Crippen LogP contribution < -0.4 is 5.56 Å². The first kappa shape index (κ1) is 11.0. The minimum Gasteiger partial charge on any atom is -0.461 e. The Morgan fingerprint density at radius 1 is 1.15 bits per heavy atom. The minimum atomic E-state index is -0.293. The fraction of sp³-hybridized carbons (Fsp3) is 0.0714. The van der Waals surface area contributed by atoms with E-state index < -0.39 is 0 Å². The molecule has 0 N–H and O–H groups in total. The summed E-state index contributed by atoms with van der Waals surface area (Å²) in [6.45, 7) is 0. The number of aryl methyl sites for hydroxylation is 1. The van der Waals surface area contributed by atoms with Crippen LogP contribution in [0, 0.1) is 0 Å². The monoisotopic (exact) mass is 266 g/mol. The number of pyridine rings is 1. The average Bonchev–Trinajstić information content (AvgIpc) is 3.07. The molecule has 0 atom stereocenters. The maximum Gasteiger partial charge on any atom is 0.299 e. The molecule has 0 radical (unpaired) electrons. The molecule has 0 aliphatic heterocycles. The van der Waals surface area contributed by atoms with Gasteiger partial charge >= 0.3 is 0 Å². The molecule has 6 nitrogen and oxygen atoms in total. The summed E-state index contributed by atoms with van der Waals surface area (Å²) >= 11 is 0. The minimum absolute atomic E-state index is 0.293. The quantitative estimate of drug-likeness (QED) is 0.527. The van der Waals surface area contributed by atoms with Crippen LogP contribution in [0.1, 0.15) is 0 Å². The summed E-state index contributed by atoms with van der Waals surface area (Å²) in [5.41, 5.74) is 1.32. The highest BCUT2D eigenvalue weighted by Gasteiger charge is 2.17. The van der Waals surface area contributed by atoms with Crippen molar-refractivity contribution >= 4 is 16.8 Å². The van der Waals surface area contributed by atoms with Crippen molar-refractivity contribution in [3.8, 4) is 11.6 Å². The maximum atomic E-state index is 12.2. The van der Waals surface area contributed by atoms with Crippen molar-refractivity contribution in [1.82, 2.24) is 18.9 Å². The van der Waals surface area contributed by atoms with Crippen molar-refractivity contribution in [1.29, 1.82) is 0 Å². The van der Waals surface area contributed by atoms with E-state index in [0.717, 1.165) is 0 Å². The second-order valence-electron chi connectivity index (χ2n) is 4.49. The molecule has 4 rings (SSSR count). The molecule has 98 valence electrons. The van der Waals surface area contributed by atoms with Crippen LogP contribution >= 0.6 is 0 Å². The van der Waals surface area contributed by atoms with Crippen LogP contribution in [-0.4, -0.2) is 18.9 Å². The molecule has 20 heavy (non-hydrogen) atoms. The lowest BCUT2D eigenvalue weighted by atomic mass is 10.4. The van der Waals surface area contributed by atoms with E-state index >= 15 is 0 Å². The second kappa shape index (κ2) is 3.80. The van der Waals surface area contributed by atoms with Crippen LogP contribution in [0.15, 0.2) is 52.0 Å². The van der Waals surface area contributed by atoms with Gasteiger partial charge in [-0.15, -0.1) is 0 Å². The Labute approximate surface area is 112 Å². The molecule has 6 heteroatoms. The Morgan fingerprint density at radius 3 is 2.85 bits per heavy atom. The van der Waals surface area contributed by atoms with Gasteiger partial charge in [0.15, 0.2) is 22.7 Å². The topological polar surface area (TPSA) is 65.3 Å². The summed E-state index contributed by atoms with van der Waals surface area (Å²) in [6.07, 6.45) is 3.42. The number of fused-ring (bicyclic) bond motifs is 3. The van der Waals surface area contributed by atoms with Gasteiger partial charge in [0.2, 0.25) is 0 Å². The molecular formula is C14H10N4O2. The third-order valence-electron chi connectivity index (χ3n) is 3.30. The van der Waals surface area contributed by atoms with E-state index in [0.29, 0.717) is 28.4 Å². The molecule has 0 unspecified atom stereocenters. The van der Waals surface area contributed by atoms with Crippen molar-refractivity contribution in [3.05, 3.63) is 53.1 Å². The molecule has 0 fully saturated rings. The summed E-state index contributed by atoms with van der Waals surface area (Å²) in [6, 6.07) is 9.09. The predicted octanol–water partition coefficient (Wildman–Crippen LogP) is 1.84. The van der Waals surface area contributed by atoms with Crippen molar-refractivity contribution in [2.75, 3.05) is 0 Å². The lowest BCUT2D eigenvalue weighted by molar-refractivity contribution is 0.574. The summed E-state index contributed by atoms with van der Waals surface area (Å²) in [5, 5.41) is 0. The van der Waals surface area contributed by atoms with Crippen LogP contribution in [0.25, 0.3) is 28.4 Å². The highest BCUT2D eigenvalue weighted by Crippen LogP contribution is 2.22. The van der Waals surface area contributed by atoms with E-state index in [-0.39, 0.29) is 5.56 Å². The third kappa shape index (κ3) is 1.36. The zero-order chi connectivity index (χ0) is 13.7. The van der Waals surface area contributed by atoms with Gasteiger partial charge in [0.05, 0.1) is 6.26 Å². The average molecular weight is 266 g/mol. The lowest BCUT2D eigenvalue weighted by Gasteiger charge is -2.00. The number of aromatic nitrogens is 4. The fourth-order valence-electron chi connectivity index (χ4n) is 2.38. The van der Waals surface area contributed by atoms with E-state index in [4.69, 9.17) is 4.42 Å². The van der Waals surface area contributed by atoms with E-state index in [1.54, 1.807) is 34.4 Å². The van der Waals surface area contributed by atoms with Gasteiger partial charge in [-0.1, -0.05) is 6.07 Å². The van der Waals surface area contributed by atoms with Crippen molar-refractivity contribution in [2.24, 2.45) is 7.05 Å². The fourth-order valence-corrected chi connectivity index (χ4v) is 2.38. The molecule has 0 amide bonds. The highest BCUT2D eigenvalue weighted by atomic mass is 16.3. The largest absolute Gasteiger partial charge is 0.461 e. The molecule has 0 aliphatic carbocycles. The second-order valence-corrected chi connectivity index (χ2v) is 4.49. The molecule has 0 saturated carbocycles. The first-order valence-electron chi connectivity index (χ1n) is 6.13. The van der Waals surface area contributed by atoms with Gasteiger partial charge in [-0.05, 0) is 24.3 Å². The Kier molecular flexibility index (Phi) is 2.09. The van der Waals surface area contributed by atoms with Crippen molar-refractivity contribution < 1.29 is 4.42 Å². The summed E-state index contributed by atoms with van der Waals surface area (Å²) < 4.78 is 8.87. The Morgan fingerprint density at radius 2 is 2.05 bits per heavy atom. The molecule has 0 aliphatic rings. The number of nitrogens with zero attached hydrogens (tertiary/aromatic N) is 4. The van der Waals surface area contributed by atoms with Gasteiger partial charge < -0.3 is 8.98 Å². The predicted molar refractivity (Wildman–Crippen MR) is 73.4 cm³/mol. The summed E-state index contributed by atoms with van der Waals surface area (Å²) in [5.74, 6) is 1.22.